The van der Waals surface area contributed by atoms with Crippen molar-refractivity contribution >= 4 is 39.3 Å². The van der Waals surface area contributed by atoms with E-state index >= 15 is 0 Å². The van der Waals surface area contributed by atoms with Crippen molar-refractivity contribution < 1.29 is 9.50 Å². The molecule has 2 nitrogen and oxygen atoms in total. The fourth-order valence-corrected chi connectivity index (χ4v) is 4.32. The SMILES string of the molecule is OC1=C(c2ccccc2)CNc2sc(Cl)c(-c3cccc(F)c3)c21. The summed E-state index contributed by atoms with van der Waals surface area (Å²) >= 11 is 7.76. The smallest absolute Gasteiger partial charge is 0.132 e. The van der Waals surface area contributed by atoms with Gasteiger partial charge in [-0.3, -0.25) is 0 Å². The summed E-state index contributed by atoms with van der Waals surface area (Å²) in [4.78, 5) is 0. The lowest BCUT2D eigenvalue weighted by molar-refractivity contribution is 0.513. The molecule has 0 fully saturated rings. The second kappa shape index (κ2) is 5.96. The molecule has 0 bridgehead atoms. The third-order valence-electron chi connectivity index (χ3n) is 4.05. The van der Waals surface area contributed by atoms with Crippen LogP contribution < -0.4 is 5.32 Å². The van der Waals surface area contributed by atoms with Crippen molar-refractivity contribution in [2.24, 2.45) is 0 Å². The highest BCUT2D eigenvalue weighted by molar-refractivity contribution is 7.21. The summed E-state index contributed by atoms with van der Waals surface area (Å²) in [7, 11) is 0. The molecular weight excluding hydrogens is 345 g/mol. The Morgan fingerprint density at radius 3 is 2.50 bits per heavy atom. The first-order chi connectivity index (χ1) is 11.6. The minimum Gasteiger partial charge on any atom is -0.507 e. The van der Waals surface area contributed by atoms with Crippen molar-refractivity contribution in [3.05, 3.63) is 75.9 Å². The maximum absolute atomic E-state index is 13.6. The van der Waals surface area contributed by atoms with Gasteiger partial charge in [-0.05, 0) is 23.3 Å². The van der Waals surface area contributed by atoms with E-state index in [4.69, 9.17) is 11.6 Å². The fraction of sp³-hybridized carbons (Fsp3) is 0.0526. The van der Waals surface area contributed by atoms with E-state index in [0.717, 1.165) is 16.1 Å². The molecule has 2 aromatic carbocycles. The van der Waals surface area contributed by atoms with Crippen LogP contribution in [0.1, 0.15) is 11.1 Å². The fourth-order valence-electron chi connectivity index (χ4n) is 2.94. The van der Waals surface area contributed by atoms with Gasteiger partial charge in [0.05, 0.1) is 5.56 Å². The number of hydrogen-bond donors (Lipinski definition) is 2. The maximum Gasteiger partial charge on any atom is 0.132 e. The molecule has 0 saturated heterocycles. The summed E-state index contributed by atoms with van der Waals surface area (Å²) in [6.07, 6.45) is 0. The summed E-state index contributed by atoms with van der Waals surface area (Å²) < 4.78 is 14.2. The number of aliphatic hydroxyl groups excluding tert-OH is 1. The molecule has 1 aliphatic heterocycles. The zero-order valence-corrected chi connectivity index (χ0v) is 14.1. The molecule has 0 aliphatic carbocycles. The monoisotopic (exact) mass is 357 g/mol. The van der Waals surface area contributed by atoms with Gasteiger partial charge in [0.15, 0.2) is 0 Å². The first-order valence-electron chi connectivity index (χ1n) is 7.45. The van der Waals surface area contributed by atoms with E-state index in [1.807, 2.05) is 30.3 Å². The Labute approximate surface area is 147 Å². The molecule has 1 aliphatic rings. The van der Waals surface area contributed by atoms with E-state index < -0.39 is 0 Å². The van der Waals surface area contributed by atoms with E-state index in [2.05, 4.69) is 5.32 Å². The maximum atomic E-state index is 13.6. The van der Waals surface area contributed by atoms with Gasteiger partial charge < -0.3 is 10.4 Å². The van der Waals surface area contributed by atoms with Crippen molar-refractivity contribution in [1.82, 2.24) is 0 Å². The van der Waals surface area contributed by atoms with Gasteiger partial charge in [-0.1, -0.05) is 54.1 Å². The lowest BCUT2D eigenvalue weighted by Crippen LogP contribution is -2.12. The van der Waals surface area contributed by atoms with Gasteiger partial charge in [0.2, 0.25) is 0 Å². The summed E-state index contributed by atoms with van der Waals surface area (Å²) in [5.74, 6) is -0.142. The lowest BCUT2D eigenvalue weighted by Gasteiger charge is -2.20. The van der Waals surface area contributed by atoms with Crippen LogP contribution in [0, 0.1) is 5.82 Å². The van der Waals surface area contributed by atoms with Crippen LogP contribution in [0.5, 0.6) is 0 Å². The van der Waals surface area contributed by atoms with Gasteiger partial charge >= 0.3 is 0 Å². The number of hydrogen-bond acceptors (Lipinski definition) is 3. The average Bonchev–Trinajstić information content (AvgIpc) is 2.93. The number of halogens is 2. The lowest BCUT2D eigenvalue weighted by atomic mass is 9.95. The molecule has 4 rings (SSSR count). The molecule has 0 atom stereocenters. The molecule has 5 heteroatoms. The van der Waals surface area contributed by atoms with E-state index in [1.54, 1.807) is 12.1 Å². The van der Waals surface area contributed by atoms with Gasteiger partial charge in [-0.25, -0.2) is 4.39 Å². The Kier molecular flexibility index (Phi) is 3.79. The minimum atomic E-state index is -0.334. The average molecular weight is 358 g/mol. The topological polar surface area (TPSA) is 32.3 Å². The van der Waals surface area contributed by atoms with Crippen molar-refractivity contribution in [2.45, 2.75) is 0 Å². The third-order valence-corrected chi connectivity index (χ3v) is 5.41. The van der Waals surface area contributed by atoms with E-state index in [-0.39, 0.29) is 11.6 Å². The van der Waals surface area contributed by atoms with Crippen LogP contribution in [-0.2, 0) is 0 Å². The summed E-state index contributed by atoms with van der Waals surface area (Å²) in [5, 5.41) is 15.0. The van der Waals surface area contributed by atoms with Crippen LogP contribution in [0.25, 0.3) is 22.5 Å². The number of fused-ring (bicyclic) bond motifs is 1. The third kappa shape index (κ3) is 2.48. The van der Waals surface area contributed by atoms with Crippen LogP contribution in [0.4, 0.5) is 9.39 Å². The largest absolute Gasteiger partial charge is 0.507 e. The standard InChI is InChI=1S/C19H13ClFNOS/c20-18-15(12-7-4-8-13(21)9-12)16-17(23)14(10-22-19(16)24-18)11-5-2-1-3-6-11/h1-9,22-23H,10H2. The van der Waals surface area contributed by atoms with Crippen molar-refractivity contribution in [2.75, 3.05) is 11.9 Å². The molecule has 0 unspecified atom stereocenters. The highest BCUT2D eigenvalue weighted by Crippen LogP contribution is 2.49. The highest BCUT2D eigenvalue weighted by atomic mass is 35.5. The Hall–Kier alpha value is -2.30. The molecule has 24 heavy (non-hydrogen) atoms. The summed E-state index contributed by atoms with van der Waals surface area (Å²) in [5.41, 5.74) is 3.70. The number of aliphatic hydroxyl groups is 1. The molecule has 120 valence electrons. The van der Waals surface area contributed by atoms with Crippen LogP contribution in [0.3, 0.4) is 0 Å². The van der Waals surface area contributed by atoms with Gasteiger partial charge in [-0.15, -0.1) is 11.3 Å². The van der Waals surface area contributed by atoms with Gasteiger partial charge in [0, 0.05) is 17.7 Å². The Morgan fingerprint density at radius 1 is 1.00 bits per heavy atom. The van der Waals surface area contributed by atoms with Crippen LogP contribution >= 0.6 is 22.9 Å². The molecule has 0 saturated carbocycles. The van der Waals surface area contributed by atoms with Gasteiger partial charge in [0.25, 0.3) is 0 Å². The number of anilines is 1. The normalized spacial score (nSPS) is 13.6. The molecule has 0 radical (unpaired) electrons. The molecule has 0 amide bonds. The zero-order valence-electron chi connectivity index (χ0n) is 12.5. The van der Waals surface area contributed by atoms with Crippen LogP contribution in [-0.4, -0.2) is 11.7 Å². The van der Waals surface area contributed by atoms with Crippen molar-refractivity contribution in [1.29, 1.82) is 0 Å². The summed E-state index contributed by atoms with van der Waals surface area (Å²) in [6.45, 7) is 0.516. The number of benzene rings is 2. The van der Waals surface area contributed by atoms with E-state index in [0.29, 0.717) is 27.6 Å². The first-order valence-corrected chi connectivity index (χ1v) is 8.64. The molecule has 2 heterocycles. The van der Waals surface area contributed by atoms with Gasteiger partial charge in [0.1, 0.15) is 20.9 Å². The number of nitrogens with one attached hydrogen (secondary N) is 1. The number of rotatable bonds is 2. The Balaban J connectivity index is 1.93. The number of thiophene rings is 1. The van der Waals surface area contributed by atoms with E-state index in [9.17, 15) is 9.50 Å². The van der Waals surface area contributed by atoms with Gasteiger partial charge in [-0.2, -0.15) is 0 Å². The van der Waals surface area contributed by atoms with Crippen molar-refractivity contribution in [3.63, 3.8) is 0 Å². The highest BCUT2D eigenvalue weighted by Gasteiger charge is 2.27. The second-order valence-electron chi connectivity index (χ2n) is 5.51. The predicted octanol–water partition coefficient (Wildman–Crippen LogP) is 6.06. The summed E-state index contributed by atoms with van der Waals surface area (Å²) in [6, 6.07) is 15.9. The molecule has 0 spiro atoms. The zero-order chi connectivity index (χ0) is 16.7. The molecule has 3 aromatic rings. The van der Waals surface area contributed by atoms with Crippen molar-refractivity contribution in [3.8, 4) is 11.1 Å². The molecular formula is C19H13ClFNOS. The quantitative estimate of drug-likeness (QED) is 0.584. The second-order valence-corrected chi connectivity index (χ2v) is 7.13. The van der Waals surface area contributed by atoms with E-state index in [1.165, 1.54) is 23.5 Å². The Bertz CT molecular complexity index is 949. The molecule has 2 N–H and O–H groups in total. The first kappa shape index (κ1) is 15.2. The van der Waals surface area contributed by atoms with Crippen LogP contribution in [0.15, 0.2) is 54.6 Å². The van der Waals surface area contributed by atoms with Crippen LogP contribution in [0.2, 0.25) is 4.34 Å². The predicted molar refractivity (Wildman–Crippen MR) is 99.1 cm³/mol. The Morgan fingerprint density at radius 2 is 1.75 bits per heavy atom. The minimum absolute atomic E-state index is 0.192. The molecule has 1 aromatic heterocycles.